The van der Waals surface area contributed by atoms with Gasteiger partial charge in [0.1, 0.15) is 17.4 Å². The van der Waals surface area contributed by atoms with Gasteiger partial charge in [0.25, 0.3) is 0 Å². The number of carbonyl (C=O) groups excluding carboxylic acids is 1. The molecule has 3 heterocycles. The number of likely N-dealkylation sites (N-methyl/N-ethyl adjacent to an activating group) is 1. The van der Waals surface area contributed by atoms with Crippen molar-refractivity contribution in [3.8, 4) is 6.07 Å². The summed E-state index contributed by atoms with van der Waals surface area (Å²) in [7, 11) is 1.49. The molecule has 2 fully saturated rings. The first-order chi connectivity index (χ1) is 15.9. The Hall–Kier alpha value is -3.15. The number of hydrogen-bond acceptors (Lipinski definition) is 6. The molecule has 2 atom stereocenters. The zero-order chi connectivity index (χ0) is 23.6. The van der Waals surface area contributed by atoms with Gasteiger partial charge in [0.2, 0.25) is 0 Å². The first-order valence-corrected chi connectivity index (χ1v) is 11.3. The maximum absolute atomic E-state index is 14.0. The van der Waals surface area contributed by atoms with Crippen molar-refractivity contribution in [3.05, 3.63) is 58.7 Å². The average Bonchev–Trinajstić information content (AvgIpc) is 3.29. The lowest BCUT2D eigenvalue weighted by Gasteiger charge is -2.43. The zero-order valence-electron chi connectivity index (χ0n) is 18.4. The molecule has 2 N–H and O–H groups in total. The second-order valence-corrected chi connectivity index (χ2v) is 9.08. The number of ketones is 1. The van der Waals surface area contributed by atoms with Crippen LogP contribution >= 0.6 is 11.6 Å². The Labute approximate surface area is 197 Å². The van der Waals surface area contributed by atoms with Gasteiger partial charge in [0.05, 0.1) is 5.56 Å². The molecule has 2 aromatic rings. The minimum absolute atomic E-state index is 0.0372. The van der Waals surface area contributed by atoms with E-state index in [1.165, 1.54) is 11.9 Å². The highest BCUT2D eigenvalue weighted by Gasteiger charge is 2.56. The predicted molar refractivity (Wildman–Crippen MR) is 124 cm³/mol. The second-order valence-electron chi connectivity index (χ2n) is 8.64. The number of nitrogens with one attached hydrogen (secondary N) is 1. The molecule has 172 valence electrons. The van der Waals surface area contributed by atoms with Crippen molar-refractivity contribution in [2.24, 2.45) is 5.92 Å². The maximum atomic E-state index is 14.0. The summed E-state index contributed by atoms with van der Waals surface area (Å²) in [6.07, 6.45) is 1.65. The van der Waals surface area contributed by atoms with E-state index in [1.807, 2.05) is 18.2 Å². The standard InChI is InChI=1S/C24H26ClN5O3/c1-29(23(32)33)24(15-27-14-20(24)17-3-5-19(25)6-4-17)22(31)18-8-10-30(11-9-18)21-7-2-16(12-26)13-28-21/h2-7,13,18,20,27H,8-11,14-15H2,1H3,(H,32,33)/t20-,24+/m1/s1. The molecule has 8 nitrogen and oxygen atoms in total. The third-order valence-electron chi connectivity index (χ3n) is 6.97. The van der Waals surface area contributed by atoms with Crippen molar-refractivity contribution in [3.63, 3.8) is 0 Å². The molecule has 2 aliphatic rings. The number of nitriles is 1. The van der Waals surface area contributed by atoms with Gasteiger partial charge >= 0.3 is 6.09 Å². The van der Waals surface area contributed by atoms with Crippen molar-refractivity contribution in [2.75, 3.05) is 38.1 Å². The fraction of sp³-hybridized carbons (Fsp3) is 0.417. The lowest BCUT2D eigenvalue weighted by atomic mass is 9.72. The monoisotopic (exact) mass is 467 g/mol. The third-order valence-corrected chi connectivity index (χ3v) is 7.22. The van der Waals surface area contributed by atoms with Gasteiger partial charge in [-0.15, -0.1) is 0 Å². The summed E-state index contributed by atoms with van der Waals surface area (Å²) in [5, 5.41) is 22.7. The van der Waals surface area contributed by atoms with E-state index in [0.29, 0.717) is 43.1 Å². The average molecular weight is 468 g/mol. The van der Waals surface area contributed by atoms with Crippen molar-refractivity contribution < 1.29 is 14.7 Å². The number of piperidine rings is 1. The Morgan fingerprint density at radius 1 is 1.24 bits per heavy atom. The summed E-state index contributed by atoms with van der Waals surface area (Å²) in [4.78, 5) is 33.7. The van der Waals surface area contributed by atoms with Crippen molar-refractivity contribution in [1.29, 1.82) is 5.26 Å². The number of nitrogens with zero attached hydrogens (tertiary/aromatic N) is 4. The molecule has 0 unspecified atom stereocenters. The van der Waals surface area contributed by atoms with Crippen LogP contribution in [-0.4, -0.2) is 65.6 Å². The number of aromatic nitrogens is 1. The number of carbonyl (C=O) groups is 2. The molecule has 1 aromatic carbocycles. The van der Waals surface area contributed by atoms with E-state index >= 15 is 0 Å². The molecule has 33 heavy (non-hydrogen) atoms. The fourth-order valence-electron chi connectivity index (χ4n) is 5.10. The summed E-state index contributed by atoms with van der Waals surface area (Å²) >= 11 is 6.06. The molecule has 2 saturated heterocycles. The zero-order valence-corrected chi connectivity index (χ0v) is 19.1. The molecule has 0 aliphatic carbocycles. The van der Waals surface area contributed by atoms with Gasteiger partial charge in [-0.05, 0) is 42.7 Å². The summed E-state index contributed by atoms with van der Waals surface area (Å²) < 4.78 is 0. The van der Waals surface area contributed by atoms with Gasteiger partial charge in [-0.2, -0.15) is 5.26 Å². The number of rotatable bonds is 5. The van der Waals surface area contributed by atoms with Gasteiger partial charge in [-0.1, -0.05) is 23.7 Å². The van der Waals surface area contributed by atoms with Crippen LogP contribution < -0.4 is 10.2 Å². The number of Topliss-reactive ketones (excluding diaryl/α,β-unsaturated/α-hetero) is 1. The summed E-state index contributed by atoms with van der Waals surface area (Å²) in [6.45, 7) is 2.07. The van der Waals surface area contributed by atoms with Gasteiger partial charge in [0.15, 0.2) is 5.78 Å². The van der Waals surface area contributed by atoms with Crippen LogP contribution in [-0.2, 0) is 4.79 Å². The topological polar surface area (TPSA) is 110 Å². The number of amides is 1. The van der Waals surface area contributed by atoms with E-state index in [9.17, 15) is 14.7 Å². The summed E-state index contributed by atoms with van der Waals surface area (Å²) in [5.41, 5.74) is 0.216. The highest BCUT2D eigenvalue weighted by atomic mass is 35.5. The largest absolute Gasteiger partial charge is 0.465 e. The number of halogens is 1. The molecule has 0 bridgehead atoms. The lowest BCUT2D eigenvalue weighted by Crippen LogP contribution is -2.61. The molecule has 1 amide bonds. The predicted octanol–water partition coefficient (Wildman–Crippen LogP) is 3.13. The number of pyridine rings is 1. The first-order valence-electron chi connectivity index (χ1n) is 10.9. The number of anilines is 1. The SMILES string of the molecule is CN(C(=O)O)[C@@]1(C(=O)C2CCN(c3ccc(C#N)cn3)CC2)CNC[C@@H]1c1ccc(Cl)cc1. The fourth-order valence-corrected chi connectivity index (χ4v) is 5.22. The van der Waals surface area contributed by atoms with Crippen molar-refractivity contribution >= 4 is 29.3 Å². The maximum Gasteiger partial charge on any atom is 0.407 e. The molecule has 9 heteroatoms. The van der Waals surface area contributed by atoms with Gasteiger partial charge < -0.3 is 15.3 Å². The van der Waals surface area contributed by atoms with Crippen molar-refractivity contribution in [1.82, 2.24) is 15.2 Å². The normalized spacial score (nSPS) is 23.2. The highest BCUT2D eigenvalue weighted by Crippen LogP contribution is 2.41. The van der Waals surface area contributed by atoms with Crippen LogP contribution in [0.15, 0.2) is 42.6 Å². The van der Waals surface area contributed by atoms with Gasteiger partial charge in [-0.25, -0.2) is 9.78 Å². The van der Waals surface area contributed by atoms with E-state index in [4.69, 9.17) is 16.9 Å². The van der Waals surface area contributed by atoms with Gasteiger partial charge in [0, 0.05) is 56.3 Å². The molecule has 0 saturated carbocycles. The Kier molecular flexibility index (Phi) is 6.54. The van der Waals surface area contributed by atoms with E-state index in [-0.39, 0.29) is 24.2 Å². The molecular weight excluding hydrogens is 442 g/mol. The van der Waals surface area contributed by atoms with Gasteiger partial charge in [-0.3, -0.25) is 9.69 Å². The number of carboxylic acid groups (broad SMARTS) is 1. The number of benzene rings is 1. The van der Waals surface area contributed by atoms with Crippen LogP contribution in [0, 0.1) is 17.2 Å². The van der Waals surface area contributed by atoms with E-state index < -0.39 is 11.6 Å². The summed E-state index contributed by atoms with van der Waals surface area (Å²) in [5.74, 6) is 0.182. The highest BCUT2D eigenvalue weighted by molar-refractivity contribution is 6.30. The van der Waals surface area contributed by atoms with E-state index in [1.54, 1.807) is 24.4 Å². The van der Waals surface area contributed by atoms with E-state index in [0.717, 1.165) is 11.4 Å². The lowest BCUT2D eigenvalue weighted by molar-refractivity contribution is -0.134. The second kappa shape index (κ2) is 9.38. The number of hydrogen-bond donors (Lipinski definition) is 2. The molecular formula is C24H26ClN5O3. The van der Waals surface area contributed by atoms with Crippen LogP contribution in [0.5, 0.6) is 0 Å². The third kappa shape index (κ3) is 4.26. The van der Waals surface area contributed by atoms with E-state index in [2.05, 4.69) is 21.3 Å². The molecule has 4 rings (SSSR count). The minimum atomic E-state index is -1.18. The first kappa shape index (κ1) is 23.0. The molecule has 0 spiro atoms. The van der Waals surface area contributed by atoms with Crippen molar-refractivity contribution in [2.45, 2.75) is 24.3 Å². The molecule has 1 aromatic heterocycles. The summed E-state index contributed by atoms with van der Waals surface area (Å²) in [6, 6.07) is 12.9. The quantitative estimate of drug-likeness (QED) is 0.695. The molecule has 2 aliphatic heterocycles. The minimum Gasteiger partial charge on any atom is -0.465 e. The Bertz CT molecular complexity index is 1060. The molecule has 0 radical (unpaired) electrons. The Balaban J connectivity index is 1.57. The van der Waals surface area contributed by atoms with Crippen LogP contribution in [0.25, 0.3) is 0 Å². The van der Waals surface area contributed by atoms with Crippen LogP contribution in [0.1, 0.15) is 29.9 Å². The van der Waals surface area contributed by atoms with Crippen LogP contribution in [0.3, 0.4) is 0 Å². The van der Waals surface area contributed by atoms with Crippen LogP contribution in [0.4, 0.5) is 10.6 Å². The smallest absolute Gasteiger partial charge is 0.407 e. The van der Waals surface area contributed by atoms with Crippen LogP contribution in [0.2, 0.25) is 5.02 Å². The Morgan fingerprint density at radius 2 is 1.94 bits per heavy atom. The Morgan fingerprint density at radius 3 is 2.52 bits per heavy atom.